The maximum Gasteiger partial charge on any atom is 0.410 e. The molecule has 24 heavy (non-hydrogen) atoms. The van der Waals surface area contributed by atoms with Crippen LogP contribution < -0.4 is 0 Å². The Balaban J connectivity index is 2.00. The van der Waals surface area contributed by atoms with Gasteiger partial charge in [-0.2, -0.15) is 0 Å². The van der Waals surface area contributed by atoms with Crippen LogP contribution in [-0.2, 0) is 16.1 Å². The fourth-order valence-corrected chi connectivity index (χ4v) is 3.18. The molecule has 5 nitrogen and oxygen atoms in total. The van der Waals surface area contributed by atoms with Crippen LogP contribution in [0.2, 0.25) is 0 Å². The lowest BCUT2D eigenvalue weighted by molar-refractivity contribution is -0.140. The van der Waals surface area contributed by atoms with Gasteiger partial charge in [0, 0.05) is 20.1 Å². The minimum absolute atomic E-state index is 0.00473. The first kappa shape index (κ1) is 18.3. The third-order valence-electron chi connectivity index (χ3n) is 4.72. The number of amides is 2. The van der Waals surface area contributed by atoms with Gasteiger partial charge in [0.1, 0.15) is 12.1 Å². The molecule has 0 bridgehead atoms. The quantitative estimate of drug-likeness (QED) is 0.802. The average molecular weight is 332 g/mol. The molecule has 0 N–H and O–H groups in total. The van der Waals surface area contributed by atoms with Gasteiger partial charge in [-0.25, -0.2) is 4.79 Å². The second-order valence-corrected chi connectivity index (χ2v) is 6.65. The van der Waals surface area contributed by atoms with E-state index in [1.54, 1.807) is 9.80 Å². The zero-order chi connectivity index (χ0) is 17.6. The zero-order valence-corrected chi connectivity index (χ0v) is 15.0. The van der Waals surface area contributed by atoms with E-state index in [1.807, 2.05) is 44.3 Å². The highest BCUT2D eigenvalue weighted by molar-refractivity contribution is 5.90. The molecule has 1 unspecified atom stereocenters. The molecule has 0 radical (unpaired) electrons. The van der Waals surface area contributed by atoms with Crippen LogP contribution in [0.5, 0.6) is 0 Å². The monoisotopic (exact) mass is 332 g/mol. The Morgan fingerprint density at radius 2 is 2.00 bits per heavy atom. The smallest absolute Gasteiger partial charge is 0.410 e. The van der Waals surface area contributed by atoms with Gasteiger partial charge in [-0.15, -0.1) is 0 Å². The Kier molecular flexibility index (Phi) is 6.23. The summed E-state index contributed by atoms with van der Waals surface area (Å²) in [5, 5.41) is 0. The summed E-state index contributed by atoms with van der Waals surface area (Å²) in [4.78, 5) is 28.7. The van der Waals surface area contributed by atoms with Crippen molar-refractivity contribution in [3.8, 4) is 0 Å². The van der Waals surface area contributed by atoms with Gasteiger partial charge in [-0.1, -0.05) is 43.7 Å². The van der Waals surface area contributed by atoms with Crippen molar-refractivity contribution in [2.75, 3.05) is 20.1 Å². The van der Waals surface area contributed by atoms with Gasteiger partial charge in [0.05, 0.1) is 0 Å². The van der Waals surface area contributed by atoms with Crippen LogP contribution in [0.3, 0.4) is 0 Å². The fraction of sp³-hybridized carbons (Fsp3) is 0.579. The van der Waals surface area contributed by atoms with Crippen molar-refractivity contribution in [2.45, 2.75) is 51.7 Å². The minimum Gasteiger partial charge on any atom is -0.445 e. The largest absolute Gasteiger partial charge is 0.445 e. The van der Waals surface area contributed by atoms with Crippen molar-refractivity contribution in [1.82, 2.24) is 9.80 Å². The number of carbonyl (C=O) groups excluding carboxylic acids is 2. The predicted octanol–water partition coefficient (Wildman–Crippen LogP) is 3.44. The van der Waals surface area contributed by atoms with E-state index < -0.39 is 11.6 Å². The number of hydrogen-bond donors (Lipinski definition) is 0. The molecule has 1 aliphatic rings. The van der Waals surface area contributed by atoms with Crippen LogP contribution in [0.4, 0.5) is 4.79 Å². The number of nitrogens with zero attached hydrogens (tertiary/aromatic N) is 2. The third kappa shape index (κ3) is 4.08. The molecule has 0 spiro atoms. The van der Waals surface area contributed by atoms with Gasteiger partial charge < -0.3 is 9.64 Å². The first-order valence-electron chi connectivity index (χ1n) is 8.73. The number of benzene rings is 1. The highest BCUT2D eigenvalue weighted by atomic mass is 16.6. The predicted molar refractivity (Wildman–Crippen MR) is 93.5 cm³/mol. The Labute approximate surface area is 144 Å². The second kappa shape index (κ2) is 8.18. The lowest BCUT2D eigenvalue weighted by Gasteiger charge is -2.36. The summed E-state index contributed by atoms with van der Waals surface area (Å²) < 4.78 is 5.43. The van der Waals surface area contributed by atoms with Crippen LogP contribution in [0, 0.1) is 0 Å². The second-order valence-electron chi connectivity index (χ2n) is 6.65. The normalized spacial score (nSPS) is 20.0. The molecule has 0 saturated carbocycles. The molecule has 2 amide bonds. The van der Waals surface area contributed by atoms with Crippen LogP contribution in [0.25, 0.3) is 0 Å². The van der Waals surface area contributed by atoms with Crippen molar-refractivity contribution in [1.29, 1.82) is 0 Å². The van der Waals surface area contributed by atoms with E-state index in [1.165, 1.54) is 0 Å². The third-order valence-corrected chi connectivity index (χ3v) is 4.72. The van der Waals surface area contributed by atoms with Crippen molar-refractivity contribution in [3.63, 3.8) is 0 Å². The van der Waals surface area contributed by atoms with E-state index in [0.29, 0.717) is 13.0 Å². The number of likely N-dealkylation sites (N-methyl/N-ethyl adjacent to an activating group) is 1. The van der Waals surface area contributed by atoms with Crippen molar-refractivity contribution in [3.05, 3.63) is 35.9 Å². The Morgan fingerprint density at radius 1 is 1.29 bits per heavy atom. The molecular weight excluding hydrogens is 304 g/mol. The Hall–Kier alpha value is -2.04. The summed E-state index contributed by atoms with van der Waals surface area (Å²) in [5.41, 5.74) is 0.147. The van der Waals surface area contributed by atoms with E-state index in [4.69, 9.17) is 4.74 Å². The molecule has 1 aliphatic heterocycles. The maximum absolute atomic E-state index is 12.8. The lowest BCUT2D eigenvalue weighted by atomic mass is 9.97. The molecule has 1 saturated heterocycles. The number of likely N-dealkylation sites (tertiary alicyclic amines) is 1. The fourth-order valence-electron chi connectivity index (χ4n) is 3.18. The first-order valence-corrected chi connectivity index (χ1v) is 8.73. The lowest BCUT2D eigenvalue weighted by Crippen LogP contribution is -2.56. The number of ether oxygens (including phenoxy) is 1. The molecule has 1 atom stereocenters. The van der Waals surface area contributed by atoms with Crippen LogP contribution >= 0.6 is 0 Å². The number of unbranched alkanes of at least 4 members (excludes halogenated alkanes) is 1. The van der Waals surface area contributed by atoms with Gasteiger partial charge in [-0.3, -0.25) is 9.69 Å². The molecule has 2 rings (SSSR count). The van der Waals surface area contributed by atoms with Gasteiger partial charge >= 0.3 is 6.09 Å². The molecule has 0 aliphatic carbocycles. The highest BCUT2D eigenvalue weighted by Crippen LogP contribution is 2.31. The molecule has 0 aromatic heterocycles. The average Bonchev–Trinajstić information content (AvgIpc) is 3.00. The van der Waals surface area contributed by atoms with E-state index in [9.17, 15) is 9.59 Å². The van der Waals surface area contributed by atoms with Crippen LogP contribution in [-0.4, -0.2) is 47.5 Å². The van der Waals surface area contributed by atoms with E-state index in [2.05, 4.69) is 6.92 Å². The van der Waals surface area contributed by atoms with Gasteiger partial charge in [0.2, 0.25) is 5.91 Å². The van der Waals surface area contributed by atoms with Gasteiger partial charge in [0.25, 0.3) is 0 Å². The van der Waals surface area contributed by atoms with Crippen LogP contribution in [0.15, 0.2) is 30.3 Å². The highest BCUT2D eigenvalue weighted by Gasteiger charge is 2.47. The van der Waals surface area contributed by atoms with E-state index >= 15 is 0 Å². The van der Waals surface area contributed by atoms with Crippen molar-refractivity contribution >= 4 is 12.0 Å². The van der Waals surface area contributed by atoms with E-state index in [-0.39, 0.29) is 12.5 Å². The van der Waals surface area contributed by atoms with Crippen molar-refractivity contribution < 1.29 is 14.3 Å². The summed E-state index contributed by atoms with van der Waals surface area (Å²) in [6, 6.07) is 9.58. The number of hydrogen-bond acceptors (Lipinski definition) is 3. The Bertz CT molecular complexity index is 561. The molecule has 1 heterocycles. The SMILES string of the molecule is CCCCN(C)C(=O)C1(C)CCCN1C(=O)OCc1ccccc1. The topological polar surface area (TPSA) is 49.9 Å². The molecule has 1 aromatic rings. The maximum atomic E-state index is 12.8. The Morgan fingerprint density at radius 3 is 2.67 bits per heavy atom. The summed E-state index contributed by atoms with van der Waals surface area (Å²) in [6.07, 6.45) is 3.11. The summed E-state index contributed by atoms with van der Waals surface area (Å²) >= 11 is 0. The minimum atomic E-state index is -0.795. The van der Waals surface area contributed by atoms with Gasteiger partial charge in [0.15, 0.2) is 0 Å². The van der Waals surface area contributed by atoms with E-state index in [0.717, 1.165) is 31.4 Å². The standard InChI is InChI=1S/C19H28N2O3/c1-4-5-13-20(3)17(22)19(2)12-9-14-21(19)18(23)24-15-16-10-7-6-8-11-16/h6-8,10-11H,4-5,9,12-15H2,1-3H3. The summed E-state index contributed by atoms with van der Waals surface area (Å²) in [7, 11) is 1.81. The summed E-state index contributed by atoms with van der Waals surface area (Å²) in [5.74, 6) is 0.00473. The molecule has 1 fully saturated rings. The number of rotatable bonds is 6. The molecule has 5 heteroatoms. The summed E-state index contributed by atoms with van der Waals surface area (Å²) in [6.45, 7) is 5.47. The molecule has 132 valence electrons. The molecule has 1 aromatic carbocycles. The molecular formula is C19H28N2O3. The van der Waals surface area contributed by atoms with Crippen molar-refractivity contribution in [2.24, 2.45) is 0 Å². The first-order chi connectivity index (χ1) is 11.5. The van der Waals surface area contributed by atoms with Crippen LogP contribution in [0.1, 0.15) is 45.1 Å². The number of carbonyl (C=O) groups is 2. The van der Waals surface area contributed by atoms with Gasteiger partial charge in [-0.05, 0) is 31.7 Å². The zero-order valence-electron chi connectivity index (χ0n) is 15.0.